The SMILES string of the molecule is CNc1nc(N)c(C(=O)N2CC(=O)Nc3ccccc32)s1. The number of carbonyl (C=O) groups is 2. The van der Waals surface area contributed by atoms with Gasteiger partial charge in [-0.15, -0.1) is 0 Å². The van der Waals surface area contributed by atoms with E-state index in [2.05, 4.69) is 15.6 Å². The van der Waals surface area contributed by atoms with E-state index in [1.807, 2.05) is 6.07 Å². The van der Waals surface area contributed by atoms with Crippen LogP contribution in [0.5, 0.6) is 0 Å². The fourth-order valence-corrected chi connectivity index (χ4v) is 2.92. The van der Waals surface area contributed by atoms with E-state index in [0.29, 0.717) is 21.4 Å². The zero-order valence-electron chi connectivity index (χ0n) is 11.2. The third-order valence-corrected chi connectivity index (χ3v) is 4.15. The highest BCUT2D eigenvalue weighted by molar-refractivity contribution is 7.18. The lowest BCUT2D eigenvalue weighted by Gasteiger charge is -2.28. The minimum atomic E-state index is -0.325. The van der Waals surface area contributed by atoms with Crippen molar-refractivity contribution in [1.82, 2.24) is 4.98 Å². The molecule has 0 saturated heterocycles. The molecule has 0 saturated carbocycles. The van der Waals surface area contributed by atoms with Crippen molar-refractivity contribution in [3.63, 3.8) is 0 Å². The molecule has 1 aromatic carbocycles. The van der Waals surface area contributed by atoms with Crippen LogP contribution in [0.25, 0.3) is 0 Å². The van der Waals surface area contributed by atoms with Gasteiger partial charge in [-0.05, 0) is 12.1 Å². The van der Waals surface area contributed by atoms with E-state index in [4.69, 9.17) is 5.73 Å². The third-order valence-electron chi connectivity index (χ3n) is 3.08. The number of anilines is 4. The average molecular weight is 303 g/mol. The number of carbonyl (C=O) groups excluding carboxylic acids is 2. The molecule has 0 fully saturated rings. The third kappa shape index (κ3) is 2.29. The van der Waals surface area contributed by atoms with Crippen LogP contribution < -0.4 is 21.3 Å². The number of thiazole rings is 1. The maximum absolute atomic E-state index is 12.7. The molecular formula is C13H13N5O2S. The van der Waals surface area contributed by atoms with Crippen LogP contribution >= 0.6 is 11.3 Å². The first-order valence-corrected chi connectivity index (χ1v) is 7.06. The van der Waals surface area contributed by atoms with Crippen molar-refractivity contribution in [2.75, 3.05) is 34.9 Å². The Morgan fingerprint density at radius 1 is 1.48 bits per heavy atom. The quantitative estimate of drug-likeness (QED) is 0.778. The number of nitrogens with one attached hydrogen (secondary N) is 2. The van der Waals surface area contributed by atoms with Crippen molar-refractivity contribution in [1.29, 1.82) is 0 Å². The highest BCUT2D eigenvalue weighted by Gasteiger charge is 2.30. The molecule has 1 aliphatic rings. The molecule has 1 aliphatic heterocycles. The summed E-state index contributed by atoms with van der Waals surface area (Å²) >= 11 is 1.17. The minimum Gasteiger partial charge on any atom is -0.382 e. The average Bonchev–Trinajstić information content (AvgIpc) is 2.86. The van der Waals surface area contributed by atoms with Crippen LogP contribution in [0.2, 0.25) is 0 Å². The fraction of sp³-hybridized carbons (Fsp3) is 0.154. The van der Waals surface area contributed by atoms with Crippen molar-refractivity contribution in [2.24, 2.45) is 0 Å². The van der Waals surface area contributed by atoms with Crippen molar-refractivity contribution in [3.05, 3.63) is 29.1 Å². The minimum absolute atomic E-state index is 0.0396. The van der Waals surface area contributed by atoms with Gasteiger partial charge in [0.25, 0.3) is 5.91 Å². The molecular weight excluding hydrogens is 290 g/mol. The van der Waals surface area contributed by atoms with Gasteiger partial charge < -0.3 is 16.4 Å². The summed E-state index contributed by atoms with van der Waals surface area (Å²) in [6, 6.07) is 7.14. The molecule has 7 nitrogen and oxygen atoms in total. The first-order valence-electron chi connectivity index (χ1n) is 6.25. The van der Waals surface area contributed by atoms with Crippen LogP contribution in [0.3, 0.4) is 0 Å². The Labute approximate surface area is 124 Å². The molecule has 3 rings (SSSR count). The molecule has 21 heavy (non-hydrogen) atoms. The van der Waals surface area contributed by atoms with Gasteiger partial charge in [-0.25, -0.2) is 4.98 Å². The summed E-state index contributed by atoms with van der Waals surface area (Å²) in [7, 11) is 1.70. The molecule has 2 aromatic rings. The van der Waals surface area contributed by atoms with E-state index in [9.17, 15) is 9.59 Å². The van der Waals surface area contributed by atoms with Gasteiger partial charge in [0.1, 0.15) is 17.2 Å². The second kappa shape index (κ2) is 5.06. The Morgan fingerprint density at radius 2 is 2.24 bits per heavy atom. The predicted octanol–water partition coefficient (Wildman–Crippen LogP) is 1.37. The number of amides is 2. The fourth-order valence-electron chi connectivity index (χ4n) is 2.13. The van der Waals surface area contributed by atoms with E-state index in [-0.39, 0.29) is 24.2 Å². The predicted molar refractivity (Wildman–Crippen MR) is 82.8 cm³/mol. The summed E-state index contributed by atoms with van der Waals surface area (Å²) in [5.41, 5.74) is 7.05. The van der Waals surface area contributed by atoms with Crippen LogP contribution in [-0.4, -0.2) is 30.4 Å². The van der Waals surface area contributed by atoms with E-state index >= 15 is 0 Å². The lowest BCUT2D eigenvalue weighted by Crippen LogP contribution is -2.42. The molecule has 4 N–H and O–H groups in total. The Morgan fingerprint density at radius 3 is 2.95 bits per heavy atom. The molecule has 0 atom stereocenters. The summed E-state index contributed by atoms with van der Waals surface area (Å²) in [6.07, 6.45) is 0. The molecule has 0 aliphatic carbocycles. The summed E-state index contributed by atoms with van der Waals surface area (Å²) in [6.45, 7) is -0.0396. The van der Waals surface area contributed by atoms with Gasteiger partial charge in [0, 0.05) is 7.05 Å². The van der Waals surface area contributed by atoms with Crippen molar-refractivity contribution in [3.8, 4) is 0 Å². The second-order valence-electron chi connectivity index (χ2n) is 4.44. The lowest BCUT2D eigenvalue weighted by atomic mass is 10.2. The maximum Gasteiger partial charge on any atom is 0.272 e. The Balaban J connectivity index is 2.01. The number of para-hydroxylation sites is 2. The van der Waals surface area contributed by atoms with Gasteiger partial charge in [0.05, 0.1) is 11.4 Å². The van der Waals surface area contributed by atoms with Crippen LogP contribution in [0, 0.1) is 0 Å². The number of hydrogen-bond donors (Lipinski definition) is 3. The normalized spacial score (nSPS) is 13.6. The van der Waals surface area contributed by atoms with Gasteiger partial charge in [-0.3, -0.25) is 14.5 Å². The molecule has 1 aromatic heterocycles. The molecule has 0 unspecified atom stereocenters. The molecule has 0 bridgehead atoms. The standard InChI is InChI=1S/C13H13N5O2S/c1-15-13-17-11(14)10(21-13)12(20)18-6-9(19)16-7-4-2-3-5-8(7)18/h2-5H,6,14H2,1H3,(H,15,17)(H,16,19). The topological polar surface area (TPSA) is 100 Å². The molecule has 0 spiro atoms. The molecule has 2 heterocycles. The van der Waals surface area contributed by atoms with Crippen LogP contribution in [0.4, 0.5) is 22.3 Å². The first-order chi connectivity index (χ1) is 10.1. The van der Waals surface area contributed by atoms with Gasteiger partial charge in [0.2, 0.25) is 5.91 Å². The highest BCUT2D eigenvalue weighted by atomic mass is 32.1. The number of nitrogens with zero attached hydrogens (tertiary/aromatic N) is 2. The van der Waals surface area contributed by atoms with Gasteiger partial charge in [-0.1, -0.05) is 23.5 Å². The van der Waals surface area contributed by atoms with E-state index in [1.165, 1.54) is 16.2 Å². The van der Waals surface area contributed by atoms with Crippen molar-refractivity contribution < 1.29 is 9.59 Å². The first kappa shape index (κ1) is 13.4. The van der Waals surface area contributed by atoms with Crippen LogP contribution in [-0.2, 0) is 4.79 Å². The number of fused-ring (bicyclic) bond motifs is 1. The van der Waals surface area contributed by atoms with Gasteiger partial charge >= 0.3 is 0 Å². The van der Waals surface area contributed by atoms with Crippen molar-refractivity contribution >= 4 is 45.5 Å². The molecule has 0 radical (unpaired) electrons. The summed E-state index contributed by atoms with van der Waals surface area (Å²) in [5, 5.41) is 6.15. The number of nitrogens with two attached hydrogens (primary N) is 1. The highest BCUT2D eigenvalue weighted by Crippen LogP contribution is 2.33. The van der Waals surface area contributed by atoms with E-state index in [1.54, 1.807) is 25.2 Å². The van der Waals surface area contributed by atoms with Crippen LogP contribution in [0.1, 0.15) is 9.67 Å². The van der Waals surface area contributed by atoms with Gasteiger partial charge in [-0.2, -0.15) is 0 Å². The van der Waals surface area contributed by atoms with E-state index in [0.717, 1.165) is 0 Å². The summed E-state index contributed by atoms with van der Waals surface area (Å²) < 4.78 is 0. The molecule has 2 amide bonds. The molecule has 8 heteroatoms. The van der Waals surface area contributed by atoms with Crippen molar-refractivity contribution in [2.45, 2.75) is 0 Å². The monoisotopic (exact) mass is 303 g/mol. The molecule has 108 valence electrons. The van der Waals surface area contributed by atoms with Gasteiger partial charge in [0.15, 0.2) is 5.13 Å². The summed E-state index contributed by atoms with van der Waals surface area (Å²) in [4.78, 5) is 30.2. The largest absolute Gasteiger partial charge is 0.382 e. The zero-order valence-corrected chi connectivity index (χ0v) is 12.0. The Kier molecular flexibility index (Phi) is 3.22. The summed E-state index contributed by atoms with van der Waals surface area (Å²) in [5.74, 6) is -0.398. The number of nitrogen functional groups attached to an aromatic ring is 1. The zero-order chi connectivity index (χ0) is 15.0. The number of aromatic nitrogens is 1. The van der Waals surface area contributed by atoms with Crippen LogP contribution in [0.15, 0.2) is 24.3 Å². The number of benzene rings is 1. The number of hydrogen-bond acceptors (Lipinski definition) is 6. The second-order valence-corrected chi connectivity index (χ2v) is 5.44. The number of rotatable bonds is 2. The maximum atomic E-state index is 12.7. The lowest BCUT2D eigenvalue weighted by molar-refractivity contribution is -0.115. The van der Waals surface area contributed by atoms with E-state index < -0.39 is 0 Å². The Hall–Kier alpha value is -2.61. The smallest absolute Gasteiger partial charge is 0.272 e. The Bertz CT molecular complexity index is 727.